The summed E-state index contributed by atoms with van der Waals surface area (Å²) in [7, 11) is 1.53. The number of hydrogen-bond donors (Lipinski definition) is 0. The minimum atomic E-state index is -0.706. The van der Waals surface area contributed by atoms with Gasteiger partial charge in [-0.05, 0) is 62.7 Å². The molecule has 37 heavy (non-hydrogen) atoms. The third-order valence-corrected chi connectivity index (χ3v) is 5.74. The Morgan fingerprint density at radius 2 is 1.81 bits per heavy atom. The summed E-state index contributed by atoms with van der Waals surface area (Å²) in [5, 5.41) is 0.190. The van der Waals surface area contributed by atoms with Crippen molar-refractivity contribution in [1.29, 1.82) is 0 Å². The van der Waals surface area contributed by atoms with E-state index in [4.69, 9.17) is 19.2 Å². The molecule has 0 aliphatic rings. The van der Waals surface area contributed by atoms with Crippen molar-refractivity contribution in [2.24, 2.45) is 4.99 Å². The molecule has 0 aliphatic carbocycles. The molecule has 0 bridgehead atoms. The lowest BCUT2D eigenvalue weighted by molar-refractivity contribution is 0.0523. The summed E-state index contributed by atoms with van der Waals surface area (Å²) in [6.45, 7) is 6.40. The number of hydrogen-bond acceptors (Lipinski definition) is 7. The van der Waals surface area contributed by atoms with Crippen LogP contribution >= 0.6 is 0 Å². The number of pyridine rings is 2. The Bertz CT molecular complexity index is 1600. The van der Waals surface area contributed by atoms with E-state index in [0.717, 1.165) is 5.56 Å². The molecule has 192 valence electrons. The fourth-order valence-corrected chi connectivity index (χ4v) is 3.98. The molecule has 1 aromatic carbocycles. The standard InChI is InChI=1S/C27H28N4O6/c1-5-36-19-11-9-18(10-12-19)25(32)29-24-21(27(34)37-6-2)16-20-23(30(24)14-15-35-4)28-22-17(3)8-7-13-31(22)26(20)33/h7-13,16H,5-6,14-15H2,1-4H3. The first kappa shape index (κ1) is 25.8. The number of aromatic nitrogens is 3. The summed E-state index contributed by atoms with van der Waals surface area (Å²) in [5.74, 6) is -0.658. The Hall–Kier alpha value is -4.31. The van der Waals surface area contributed by atoms with Crippen LogP contribution in [0.1, 0.15) is 40.1 Å². The first-order valence-electron chi connectivity index (χ1n) is 11.9. The van der Waals surface area contributed by atoms with Crippen molar-refractivity contribution in [3.8, 4) is 5.75 Å². The highest BCUT2D eigenvalue weighted by molar-refractivity contribution is 5.97. The van der Waals surface area contributed by atoms with Gasteiger partial charge in [-0.15, -0.1) is 0 Å². The summed E-state index contributed by atoms with van der Waals surface area (Å²) in [4.78, 5) is 48.8. The number of esters is 1. The molecule has 3 heterocycles. The predicted octanol–water partition coefficient (Wildman–Crippen LogP) is 2.92. The number of carbonyl (C=O) groups is 2. The van der Waals surface area contributed by atoms with Crippen molar-refractivity contribution < 1.29 is 23.8 Å². The predicted molar refractivity (Wildman–Crippen MR) is 137 cm³/mol. The van der Waals surface area contributed by atoms with Gasteiger partial charge in [0.15, 0.2) is 5.49 Å². The molecule has 0 N–H and O–H groups in total. The van der Waals surface area contributed by atoms with Crippen LogP contribution < -0.4 is 15.8 Å². The molecular weight excluding hydrogens is 476 g/mol. The van der Waals surface area contributed by atoms with E-state index in [-0.39, 0.29) is 47.4 Å². The second-order valence-electron chi connectivity index (χ2n) is 8.16. The zero-order chi connectivity index (χ0) is 26.5. The second-order valence-corrected chi connectivity index (χ2v) is 8.16. The van der Waals surface area contributed by atoms with Gasteiger partial charge in [0.05, 0.1) is 25.2 Å². The van der Waals surface area contributed by atoms with Gasteiger partial charge in [-0.25, -0.2) is 9.78 Å². The minimum Gasteiger partial charge on any atom is -0.494 e. The highest BCUT2D eigenvalue weighted by Gasteiger charge is 2.20. The quantitative estimate of drug-likeness (QED) is 0.268. The molecule has 0 saturated heterocycles. The molecule has 10 heteroatoms. The average Bonchev–Trinajstić information content (AvgIpc) is 2.89. The van der Waals surface area contributed by atoms with E-state index in [2.05, 4.69) is 4.99 Å². The Kier molecular flexibility index (Phi) is 7.78. The molecule has 0 spiro atoms. The van der Waals surface area contributed by atoms with E-state index in [9.17, 15) is 14.4 Å². The lowest BCUT2D eigenvalue weighted by atomic mass is 10.2. The Morgan fingerprint density at radius 3 is 2.49 bits per heavy atom. The maximum atomic E-state index is 13.5. The Balaban J connectivity index is 2.05. The normalized spacial score (nSPS) is 11.7. The molecular formula is C27H28N4O6. The maximum Gasteiger partial charge on any atom is 0.341 e. The van der Waals surface area contributed by atoms with Crippen LogP contribution in [0.25, 0.3) is 16.7 Å². The average molecular weight is 505 g/mol. The van der Waals surface area contributed by atoms with Crippen molar-refractivity contribution in [3.63, 3.8) is 0 Å². The van der Waals surface area contributed by atoms with Crippen molar-refractivity contribution in [1.82, 2.24) is 14.0 Å². The Labute approximate surface area is 212 Å². The van der Waals surface area contributed by atoms with Gasteiger partial charge < -0.3 is 18.8 Å². The van der Waals surface area contributed by atoms with Crippen LogP contribution in [0, 0.1) is 6.92 Å². The monoisotopic (exact) mass is 504 g/mol. The van der Waals surface area contributed by atoms with E-state index >= 15 is 0 Å². The highest BCUT2D eigenvalue weighted by atomic mass is 16.5. The van der Waals surface area contributed by atoms with Crippen LogP contribution in [0.3, 0.4) is 0 Å². The SMILES string of the molecule is CCOC(=O)c1cc2c(=O)n3cccc(C)c3nc2n(CCOC)c1=NC(=O)c1ccc(OCC)cc1. The number of amides is 1. The van der Waals surface area contributed by atoms with E-state index in [1.807, 2.05) is 19.9 Å². The summed E-state index contributed by atoms with van der Waals surface area (Å²) >= 11 is 0. The number of carbonyl (C=O) groups excluding carboxylic acids is 2. The van der Waals surface area contributed by atoms with E-state index in [1.54, 1.807) is 48.0 Å². The number of benzene rings is 1. The number of aryl methyl sites for hydroxylation is 1. The Morgan fingerprint density at radius 1 is 1.05 bits per heavy atom. The van der Waals surface area contributed by atoms with Gasteiger partial charge in [0.2, 0.25) is 0 Å². The molecule has 0 atom stereocenters. The van der Waals surface area contributed by atoms with E-state index in [1.165, 1.54) is 17.6 Å². The molecule has 0 unspecified atom stereocenters. The zero-order valence-electron chi connectivity index (χ0n) is 21.2. The van der Waals surface area contributed by atoms with Gasteiger partial charge in [0, 0.05) is 25.4 Å². The number of nitrogens with zero attached hydrogens (tertiary/aromatic N) is 4. The number of rotatable bonds is 8. The number of methoxy groups -OCH3 is 1. The molecule has 4 rings (SSSR count). The third-order valence-electron chi connectivity index (χ3n) is 5.74. The zero-order valence-corrected chi connectivity index (χ0v) is 21.2. The van der Waals surface area contributed by atoms with E-state index < -0.39 is 11.9 Å². The lowest BCUT2D eigenvalue weighted by Gasteiger charge is -2.15. The lowest BCUT2D eigenvalue weighted by Crippen LogP contribution is -2.33. The van der Waals surface area contributed by atoms with Gasteiger partial charge in [0.1, 0.15) is 22.6 Å². The molecule has 1 amide bonds. The molecule has 10 nitrogen and oxygen atoms in total. The number of fused-ring (bicyclic) bond motifs is 2. The third kappa shape index (κ3) is 5.14. The van der Waals surface area contributed by atoms with Crippen molar-refractivity contribution in [2.75, 3.05) is 26.9 Å². The summed E-state index contributed by atoms with van der Waals surface area (Å²) < 4.78 is 19.0. The van der Waals surface area contributed by atoms with Crippen LogP contribution in [0.15, 0.2) is 58.4 Å². The molecule has 4 aromatic rings. The number of ether oxygens (including phenoxy) is 3. The van der Waals surface area contributed by atoms with Gasteiger partial charge >= 0.3 is 5.97 Å². The smallest absolute Gasteiger partial charge is 0.341 e. The maximum absolute atomic E-state index is 13.5. The molecule has 0 aliphatic heterocycles. The van der Waals surface area contributed by atoms with Gasteiger partial charge in [-0.3, -0.25) is 14.0 Å². The van der Waals surface area contributed by atoms with Gasteiger partial charge in [0.25, 0.3) is 11.5 Å². The van der Waals surface area contributed by atoms with Gasteiger partial charge in [-0.2, -0.15) is 4.99 Å². The van der Waals surface area contributed by atoms with Crippen molar-refractivity contribution >= 4 is 28.6 Å². The largest absolute Gasteiger partial charge is 0.494 e. The van der Waals surface area contributed by atoms with Crippen molar-refractivity contribution in [3.05, 3.63) is 81.2 Å². The summed E-state index contributed by atoms with van der Waals surface area (Å²) in [5.41, 5.74) is 1.49. The molecule has 3 aromatic heterocycles. The van der Waals surface area contributed by atoms with Crippen molar-refractivity contribution in [2.45, 2.75) is 27.3 Å². The van der Waals surface area contributed by atoms with Crippen LogP contribution in [0.2, 0.25) is 0 Å². The fraction of sp³-hybridized carbons (Fsp3) is 0.296. The second kappa shape index (κ2) is 11.2. The highest BCUT2D eigenvalue weighted by Crippen LogP contribution is 2.15. The summed E-state index contributed by atoms with van der Waals surface area (Å²) in [6.07, 6.45) is 1.62. The summed E-state index contributed by atoms with van der Waals surface area (Å²) in [6, 6.07) is 11.5. The molecule has 0 fully saturated rings. The first-order valence-corrected chi connectivity index (χ1v) is 11.9. The van der Waals surface area contributed by atoms with Crippen LogP contribution in [-0.4, -0.2) is 52.8 Å². The van der Waals surface area contributed by atoms with Crippen LogP contribution in [0.4, 0.5) is 0 Å². The van der Waals surface area contributed by atoms with Crippen LogP contribution in [-0.2, 0) is 16.0 Å². The first-order chi connectivity index (χ1) is 17.9. The van der Waals surface area contributed by atoms with E-state index in [0.29, 0.717) is 23.6 Å². The minimum absolute atomic E-state index is 0.0174. The molecule has 0 radical (unpaired) electrons. The fourth-order valence-electron chi connectivity index (χ4n) is 3.98. The van der Waals surface area contributed by atoms with Crippen LogP contribution in [0.5, 0.6) is 5.75 Å². The topological polar surface area (TPSA) is 113 Å². The van der Waals surface area contributed by atoms with Gasteiger partial charge in [-0.1, -0.05) is 6.07 Å². The molecule has 0 saturated carbocycles.